The number of hydrogen-bond donors (Lipinski definition) is 1. The third-order valence-electron chi connectivity index (χ3n) is 5.10. The Bertz CT molecular complexity index is 1070. The Morgan fingerprint density at radius 1 is 1.18 bits per heavy atom. The number of nitrogens with zero attached hydrogens (tertiary/aromatic N) is 1. The van der Waals surface area contributed by atoms with Gasteiger partial charge in [-0.25, -0.2) is 0 Å². The van der Waals surface area contributed by atoms with Crippen LogP contribution in [-0.2, 0) is 17.8 Å². The van der Waals surface area contributed by atoms with Crippen molar-refractivity contribution in [2.24, 2.45) is 0 Å². The van der Waals surface area contributed by atoms with E-state index < -0.39 is 0 Å². The largest absolute Gasteiger partial charge is 0.493 e. The zero-order chi connectivity index (χ0) is 19.7. The van der Waals surface area contributed by atoms with Crippen molar-refractivity contribution >= 4 is 38.8 Å². The predicted octanol–water partition coefficient (Wildman–Crippen LogP) is 4.55. The highest BCUT2D eigenvalue weighted by Gasteiger charge is 2.23. The lowest BCUT2D eigenvalue weighted by Crippen LogP contribution is -2.34. The normalized spacial score (nSPS) is 13.8. The molecule has 1 amide bonds. The van der Waals surface area contributed by atoms with Gasteiger partial charge in [0.25, 0.3) is 0 Å². The lowest BCUT2D eigenvalue weighted by atomic mass is 10.0. The van der Waals surface area contributed by atoms with Crippen LogP contribution >= 0.6 is 15.9 Å². The third kappa shape index (κ3) is 3.40. The van der Waals surface area contributed by atoms with E-state index in [0.717, 1.165) is 22.0 Å². The number of carbonyl (C=O) groups is 1. The summed E-state index contributed by atoms with van der Waals surface area (Å²) in [5.74, 6) is 1.31. The van der Waals surface area contributed by atoms with Gasteiger partial charge in [0.2, 0.25) is 5.91 Å². The van der Waals surface area contributed by atoms with Crippen LogP contribution in [0.2, 0.25) is 0 Å². The molecule has 0 unspecified atom stereocenters. The van der Waals surface area contributed by atoms with Crippen molar-refractivity contribution in [3.8, 4) is 11.5 Å². The average molecular weight is 441 g/mol. The Kier molecular flexibility index (Phi) is 5.13. The summed E-state index contributed by atoms with van der Waals surface area (Å²) in [4.78, 5) is 18.1. The summed E-state index contributed by atoms with van der Waals surface area (Å²) >= 11 is 3.60. The van der Waals surface area contributed by atoms with Crippen molar-refractivity contribution in [1.82, 2.24) is 9.88 Å². The Balaban J connectivity index is 1.53. The van der Waals surface area contributed by atoms with Crippen LogP contribution in [0.1, 0.15) is 16.8 Å². The molecule has 144 valence electrons. The van der Waals surface area contributed by atoms with Gasteiger partial charge < -0.3 is 19.4 Å². The van der Waals surface area contributed by atoms with E-state index in [0.29, 0.717) is 24.6 Å². The summed E-state index contributed by atoms with van der Waals surface area (Å²) in [6.07, 6.45) is 4.26. The first kappa shape index (κ1) is 18.6. The maximum absolute atomic E-state index is 12.7. The summed E-state index contributed by atoms with van der Waals surface area (Å²) in [5, 5.41) is 1.17. The van der Waals surface area contributed by atoms with Crippen molar-refractivity contribution in [1.29, 1.82) is 0 Å². The van der Waals surface area contributed by atoms with E-state index in [1.54, 1.807) is 20.3 Å². The summed E-state index contributed by atoms with van der Waals surface area (Å²) in [6.45, 7) is 1.31. The smallest absolute Gasteiger partial charge is 0.246 e. The van der Waals surface area contributed by atoms with E-state index in [2.05, 4.69) is 27.0 Å². The number of H-pyrrole nitrogens is 1. The van der Waals surface area contributed by atoms with Gasteiger partial charge in [0.15, 0.2) is 11.5 Å². The minimum atomic E-state index is 0.00443. The lowest BCUT2D eigenvalue weighted by Gasteiger charge is -2.26. The van der Waals surface area contributed by atoms with E-state index in [9.17, 15) is 4.79 Å². The number of hydrogen-bond acceptors (Lipinski definition) is 3. The monoisotopic (exact) mass is 440 g/mol. The number of benzene rings is 2. The predicted molar refractivity (Wildman–Crippen MR) is 114 cm³/mol. The molecule has 0 bridgehead atoms. The number of methoxy groups -OCH3 is 2. The van der Waals surface area contributed by atoms with Crippen LogP contribution < -0.4 is 9.47 Å². The molecule has 6 heteroatoms. The fraction of sp³-hybridized carbons (Fsp3) is 0.227. The molecule has 0 saturated heterocycles. The van der Waals surface area contributed by atoms with Gasteiger partial charge in [0.05, 0.1) is 19.7 Å². The number of aromatic amines is 1. The first-order valence-corrected chi connectivity index (χ1v) is 9.87. The number of rotatable bonds is 4. The van der Waals surface area contributed by atoms with Crippen LogP contribution in [0.4, 0.5) is 0 Å². The second-order valence-corrected chi connectivity index (χ2v) is 7.56. The molecular weight excluding hydrogens is 420 g/mol. The van der Waals surface area contributed by atoms with Crippen LogP contribution in [0.25, 0.3) is 17.0 Å². The van der Waals surface area contributed by atoms with Gasteiger partial charge in [-0.15, -0.1) is 0 Å². The minimum absolute atomic E-state index is 0.00443. The van der Waals surface area contributed by atoms with Gasteiger partial charge in [-0.05, 0) is 45.8 Å². The van der Waals surface area contributed by atoms with E-state index in [4.69, 9.17) is 9.47 Å². The quantitative estimate of drug-likeness (QED) is 0.605. The van der Waals surface area contributed by atoms with E-state index >= 15 is 0 Å². The number of carbonyl (C=O) groups excluding carboxylic acids is 1. The molecule has 5 nitrogen and oxygen atoms in total. The van der Waals surface area contributed by atoms with Crippen molar-refractivity contribution in [3.05, 3.63) is 63.8 Å². The van der Waals surface area contributed by atoms with Crippen molar-refractivity contribution in [2.45, 2.75) is 13.0 Å². The minimum Gasteiger partial charge on any atom is -0.493 e. The molecule has 0 atom stereocenters. The maximum atomic E-state index is 12.7. The number of nitrogens with one attached hydrogen (secondary N) is 1. The number of ether oxygens (including phenoxy) is 2. The fourth-order valence-corrected chi connectivity index (χ4v) is 4.09. The van der Waals surface area contributed by atoms with Crippen LogP contribution in [0.5, 0.6) is 11.5 Å². The van der Waals surface area contributed by atoms with Crippen molar-refractivity contribution in [2.75, 3.05) is 20.8 Å². The lowest BCUT2D eigenvalue weighted by molar-refractivity contribution is -0.126. The number of para-hydroxylation sites is 1. The molecule has 2 heterocycles. The molecule has 1 aliphatic heterocycles. The molecule has 0 saturated carbocycles. The highest BCUT2D eigenvalue weighted by molar-refractivity contribution is 9.10. The molecule has 1 aliphatic rings. The van der Waals surface area contributed by atoms with Gasteiger partial charge in [0.1, 0.15) is 0 Å². The number of halogens is 1. The van der Waals surface area contributed by atoms with Gasteiger partial charge in [-0.1, -0.05) is 18.2 Å². The Morgan fingerprint density at radius 3 is 2.79 bits per heavy atom. The highest BCUT2D eigenvalue weighted by atomic mass is 79.9. The van der Waals surface area contributed by atoms with Gasteiger partial charge in [0, 0.05) is 46.7 Å². The molecule has 4 rings (SSSR count). The number of amides is 1. The molecule has 1 aromatic heterocycles. The molecular formula is C22H21BrN2O3. The standard InChI is InChI=1S/C22H21BrN2O3/c1-27-19-8-6-14(12-20(19)28-2)7-9-21(26)25-11-10-18-16(13-25)15-4-3-5-17(23)22(15)24-18/h3-9,12,24H,10-11,13H2,1-2H3. The fourth-order valence-electron chi connectivity index (χ4n) is 3.62. The molecule has 1 N–H and O–H groups in total. The van der Waals surface area contributed by atoms with E-state index in [1.807, 2.05) is 41.3 Å². The average Bonchev–Trinajstić information content (AvgIpc) is 3.11. The van der Waals surface area contributed by atoms with Gasteiger partial charge in [-0.2, -0.15) is 0 Å². The summed E-state index contributed by atoms with van der Waals surface area (Å²) < 4.78 is 11.6. The molecule has 0 fully saturated rings. The first-order chi connectivity index (χ1) is 13.6. The summed E-state index contributed by atoms with van der Waals surface area (Å²) in [5.41, 5.74) is 4.41. The highest BCUT2D eigenvalue weighted by Crippen LogP contribution is 2.32. The van der Waals surface area contributed by atoms with E-state index in [1.165, 1.54) is 16.6 Å². The number of fused-ring (bicyclic) bond motifs is 3. The van der Waals surface area contributed by atoms with Crippen LogP contribution in [0.15, 0.2) is 46.9 Å². The Hall–Kier alpha value is -2.73. The van der Waals surface area contributed by atoms with E-state index in [-0.39, 0.29) is 5.91 Å². The van der Waals surface area contributed by atoms with Crippen LogP contribution in [0.3, 0.4) is 0 Å². The molecule has 2 aromatic carbocycles. The topological polar surface area (TPSA) is 54.6 Å². The second kappa shape index (κ2) is 7.72. The summed E-state index contributed by atoms with van der Waals surface area (Å²) in [6, 6.07) is 11.7. The Labute approximate surface area is 172 Å². The van der Waals surface area contributed by atoms with Crippen molar-refractivity contribution < 1.29 is 14.3 Å². The zero-order valence-corrected chi connectivity index (χ0v) is 17.4. The Morgan fingerprint density at radius 2 is 2.00 bits per heavy atom. The SMILES string of the molecule is COc1ccc(C=CC(=O)N2CCc3[nH]c4c(Br)cccc4c3C2)cc1OC. The third-order valence-corrected chi connectivity index (χ3v) is 5.76. The molecule has 3 aromatic rings. The molecule has 0 aliphatic carbocycles. The number of aromatic nitrogens is 1. The molecule has 0 spiro atoms. The van der Waals surface area contributed by atoms with Crippen LogP contribution in [0, 0.1) is 0 Å². The van der Waals surface area contributed by atoms with Crippen LogP contribution in [-0.4, -0.2) is 36.6 Å². The van der Waals surface area contributed by atoms with Gasteiger partial charge >= 0.3 is 0 Å². The first-order valence-electron chi connectivity index (χ1n) is 9.07. The molecule has 0 radical (unpaired) electrons. The zero-order valence-electron chi connectivity index (χ0n) is 15.8. The van der Waals surface area contributed by atoms with Crippen molar-refractivity contribution in [3.63, 3.8) is 0 Å². The maximum Gasteiger partial charge on any atom is 0.246 e. The van der Waals surface area contributed by atoms with Gasteiger partial charge in [-0.3, -0.25) is 4.79 Å². The second-order valence-electron chi connectivity index (χ2n) is 6.70. The summed E-state index contributed by atoms with van der Waals surface area (Å²) in [7, 11) is 3.20. The molecule has 28 heavy (non-hydrogen) atoms.